The Morgan fingerprint density at radius 2 is 1.62 bits per heavy atom. The van der Waals surface area contributed by atoms with Crippen LogP contribution in [0.1, 0.15) is 73.7 Å². The van der Waals surface area contributed by atoms with Crippen molar-refractivity contribution in [3.05, 3.63) is 53.6 Å². The number of benzene rings is 2. The van der Waals surface area contributed by atoms with Gasteiger partial charge in [-0.25, -0.2) is 0 Å². The Bertz CT molecular complexity index is 1010. The fourth-order valence-electron chi connectivity index (χ4n) is 5.33. The van der Waals surface area contributed by atoms with Gasteiger partial charge in [0.25, 0.3) is 0 Å². The number of unbranched alkanes of at least 4 members (excludes halogenated alkanes) is 2. The summed E-state index contributed by atoms with van der Waals surface area (Å²) in [6.07, 6.45) is 8.76. The second kappa shape index (κ2) is 14.2. The van der Waals surface area contributed by atoms with Gasteiger partial charge in [-0.3, -0.25) is 9.59 Å². The second-order valence-corrected chi connectivity index (χ2v) is 10.3. The van der Waals surface area contributed by atoms with Gasteiger partial charge in [-0.15, -0.1) is 0 Å². The molecule has 200 valence electrons. The first-order chi connectivity index (χ1) is 18.1. The van der Waals surface area contributed by atoms with Crippen LogP contribution in [-0.4, -0.2) is 56.4 Å². The van der Waals surface area contributed by atoms with Crippen LogP contribution in [0.4, 0.5) is 0 Å². The molecule has 6 heteroatoms. The van der Waals surface area contributed by atoms with Crippen LogP contribution in [0.15, 0.2) is 42.5 Å². The number of nitrogens with zero attached hydrogens (tertiary/aromatic N) is 1. The first kappa shape index (κ1) is 27.2. The lowest BCUT2D eigenvalue weighted by atomic mass is 9.92. The van der Waals surface area contributed by atoms with Gasteiger partial charge in [0.1, 0.15) is 24.7 Å². The Labute approximate surface area is 221 Å². The van der Waals surface area contributed by atoms with Crippen LogP contribution in [0.2, 0.25) is 0 Å². The van der Waals surface area contributed by atoms with E-state index < -0.39 is 0 Å². The lowest BCUT2D eigenvalue weighted by Crippen LogP contribution is -2.28. The summed E-state index contributed by atoms with van der Waals surface area (Å²) in [5, 5.41) is 0. The number of ether oxygens (including phenoxy) is 3. The van der Waals surface area contributed by atoms with Crippen LogP contribution >= 0.6 is 0 Å². The van der Waals surface area contributed by atoms with Gasteiger partial charge in [0.2, 0.25) is 0 Å². The first-order valence-electron chi connectivity index (χ1n) is 13.9. The van der Waals surface area contributed by atoms with Crippen molar-refractivity contribution in [1.82, 2.24) is 4.90 Å². The third-order valence-corrected chi connectivity index (χ3v) is 7.45. The van der Waals surface area contributed by atoms with Crippen molar-refractivity contribution in [2.24, 2.45) is 5.92 Å². The zero-order chi connectivity index (χ0) is 25.9. The number of hydrogen-bond acceptors (Lipinski definition) is 6. The van der Waals surface area contributed by atoms with Crippen LogP contribution in [0.3, 0.4) is 0 Å². The highest BCUT2D eigenvalue weighted by molar-refractivity contribution is 5.96. The summed E-state index contributed by atoms with van der Waals surface area (Å²) in [4.78, 5) is 27.6. The van der Waals surface area contributed by atoms with Gasteiger partial charge in [-0.05, 0) is 99.5 Å². The van der Waals surface area contributed by atoms with E-state index in [4.69, 9.17) is 14.2 Å². The van der Waals surface area contributed by atoms with Gasteiger partial charge in [0.05, 0.1) is 7.11 Å². The van der Waals surface area contributed by atoms with E-state index in [9.17, 15) is 9.59 Å². The average Bonchev–Trinajstić information content (AvgIpc) is 3.44. The molecule has 1 atom stereocenters. The fraction of sp³-hybridized carbons (Fsp3) is 0.548. The van der Waals surface area contributed by atoms with E-state index in [1.54, 1.807) is 7.11 Å². The van der Waals surface area contributed by atoms with Gasteiger partial charge in [-0.2, -0.15) is 0 Å². The van der Waals surface area contributed by atoms with Gasteiger partial charge in [-0.1, -0.05) is 12.5 Å². The molecule has 2 aliphatic heterocycles. The van der Waals surface area contributed by atoms with Gasteiger partial charge in [0, 0.05) is 31.4 Å². The lowest BCUT2D eigenvalue weighted by molar-refractivity contribution is -0.119. The summed E-state index contributed by atoms with van der Waals surface area (Å²) in [5.41, 5.74) is 1.97. The molecule has 0 spiro atoms. The molecule has 0 bridgehead atoms. The third kappa shape index (κ3) is 8.60. The van der Waals surface area contributed by atoms with Crippen molar-refractivity contribution in [2.75, 3.05) is 40.0 Å². The molecule has 0 amide bonds. The zero-order valence-corrected chi connectivity index (χ0v) is 22.2. The van der Waals surface area contributed by atoms with E-state index in [1.807, 2.05) is 30.3 Å². The standard InChI is InChI=1S/C31H41NO5/c1-35-28-14-11-26(12-15-28)29(34)8-4-2-3-7-27(33)13-9-25(23-32-17-5-6-18-32)21-24-10-16-30-31(22-24)37-20-19-36-30/h10-12,14-16,22,25H,2-9,13,17-21,23H2,1H3/t25-/m0/s1. The molecule has 1 saturated heterocycles. The summed E-state index contributed by atoms with van der Waals surface area (Å²) in [5.74, 6) is 3.36. The van der Waals surface area contributed by atoms with E-state index in [0.29, 0.717) is 44.2 Å². The number of rotatable bonds is 15. The molecular formula is C31H41NO5. The Balaban J connectivity index is 1.18. The van der Waals surface area contributed by atoms with Gasteiger partial charge < -0.3 is 19.1 Å². The van der Waals surface area contributed by atoms with Crippen molar-refractivity contribution in [3.8, 4) is 17.2 Å². The molecule has 0 radical (unpaired) electrons. The lowest BCUT2D eigenvalue weighted by Gasteiger charge is -2.24. The number of carbonyl (C=O) groups is 2. The monoisotopic (exact) mass is 507 g/mol. The Hall–Kier alpha value is -2.86. The SMILES string of the molecule is COc1ccc(C(=O)CCCCCC(=O)CC[C@@H](Cc2ccc3c(c2)OCCO3)CN2CCCC2)cc1. The minimum Gasteiger partial charge on any atom is -0.497 e. The molecule has 2 aromatic rings. The molecule has 0 unspecified atom stereocenters. The van der Waals surface area contributed by atoms with E-state index >= 15 is 0 Å². The molecule has 2 heterocycles. The zero-order valence-electron chi connectivity index (χ0n) is 22.2. The van der Waals surface area contributed by atoms with Crippen molar-refractivity contribution < 1.29 is 23.8 Å². The molecule has 2 aliphatic rings. The number of likely N-dealkylation sites (tertiary alicyclic amines) is 1. The summed E-state index contributed by atoms with van der Waals surface area (Å²) < 4.78 is 16.6. The molecule has 0 saturated carbocycles. The minimum atomic E-state index is 0.151. The highest BCUT2D eigenvalue weighted by Crippen LogP contribution is 2.32. The third-order valence-electron chi connectivity index (χ3n) is 7.45. The van der Waals surface area contributed by atoms with Crippen LogP contribution in [-0.2, 0) is 11.2 Å². The highest BCUT2D eigenvalue weighted by Gasteiger charge is 2.20. The minimum absolute atomic E-state index is 0.151. The first-order valence-corrected chi connectivity index (χ1v) is 13.9. The smallest absolute Gasteiger partial charge is 0.162 e. The normalized spacial score (nSPS) is 15.9. The fourth-order valence-corrected chi connectivity index (χ4v) is 5.33. The molecule has 37 heavy (non-hydrogen) atoms. The number of ketones is 2. The summed E-state index contributed by atoms with van der Waals surface area (Å²) in [6, 6.07) is 13.5. The molecule has 0 N–H and O–H groups in total. The number of hydrogen-bond donors (Lipinski definition) is 0. The molecule has 0 aromatic heterocycles. The second-order valence-electron chi connectivity index (χ2n) is 10.3. The van der Waals surface area contributed by atoms with Crippen LogP contribution in [0, 0.1) is 5.92 Å². The number of Topliss-reactive ketones (excluding diaryl/α,β-unsaturated/α-hetero) is 2. The maximum Gasteiger partial charge on any atom is 0.162 e. The van der Waals surface area contributed by atoms with Crippen molar-refractivity contribution in [1.29, 1.82) is 0 Å². The topological polar surface area (TPSA) is 65.1 Å². The Morgan fingerprint density at radius 3 is 2.38 bits per heavy atom. The summed E-state index contributed by atoms with van der Waals surface area (Å²) >= 11 is 0. The molecule has 6 nitrogen and oxygen atoms in total. The maximum atomic E-state index is 12.7. The quantitative estimate of drug-likeness (QED) is 0.221. The largest absolute Gasteiger partial charge is 0.497 e. The van der Waals surface area contributed by atoms with E-state index in [1.165, 1.54) is 31.5 Å². The predicted molar refractivity (Wildman–Crippen MR) is 145 cm³/mol. The highest BCUT2D eigenvalue weighted by atomic mass is 16.6. The van der Waals surface area contributed by atoms with Crippen molar-refractivity contribution in [3.63, 3.8) is 0 Å². The summed E-state index contributed by atoms with van der Waals surface area (Å²) in [7, 11) is 1.62. The van der Waals surface area contributed by atoms with Crippen molar-refractivity contribution >= 4 is 11.6 Å². The van der Waals surface area contributed by atoms with Gasteiger partial charge >= 0.3 is 0 Å². The molecular weight excluding hydrogens is 466 g/mol. The van der Waals surface area contributed by atoms with E-state index in [2.05, 4.69) is 17.0 Å². The molecule has 4 rings (SSSR count). The maximum absolute atomic E-state index is 12.7. The average molecular weight is 508 g/mol. The van der Waals surface area contributed by atoms with Crippen LogP contribution < -0.4 is 14.2 Å². The number of fused-ring (bicyclic) bond motifs is 1. The summed E-state index contributed by atoms with van der Waals surface area (Å²) in [6.45, 7) is 4.58. The molecule has 1 fully saturated rings. The van der Waals surface area contributed by atoms with Crippen LogP contribution in [0.5, 0.6) is 17.2 Å². The van der Waals surface area contributed by atoms with E-state index in [0.717, 1.165) is 61.5 Å². The Kier molecular flexibility index (Phi) is 10.4. The number of carbonyl (C=O) groups excluding carboxylic acids is 2. The molecule has 0 aliphatic carbocycles. The van der Waals surface area contributed by atoms with Crippen LogP contribution in [0.25, 0.3) is 0 Å². The molecule has 2 aromatic carbocycles. The van der Waals surface area contributed by atoms with E-state index in [-0.39, 0.29) is 5.78 Å². The van der Waals surface area contributed by atoms with Gasteiger partial charge in [0.15, 0.2) is 17.3 Å². The number of methoxy groups -OCH3 is 1. The van der Waals surface area contributed by atoms with Crippen molar-refractivity contribution in [2.45, 2.75) is 64.2 Å². The predicted octanol–water partition coefficient (Wildman–Crippen LogP) is 5.90. The Morgan fingerprint density at radius 1 is 0.892 bits per heavy atom.